The lowest BCUT2D eigenvalue weighted by molar-refractivity contribution is -0.123. The van der Waals surface area contributed by atoms with Crippen LogP contribution in [0.15, 0.2) is 29.8 Å². The molecule has 8 heteroatoms. The van der Waals surface area contributed by atoms with Gasteiger partial charge in [0.05, 0.1) is 0 Å². The molecule has 0 spiro atoms. The molecule has 0 saturated heterocycles. The van der Waals surface area contributed by atoms with Crippen LogP contribution in [-0.2, 0) is 9.53 Å². The minimum Gasteiger partial charge on any atom is -0.448 e. The Kier molecular flexibility index (Phi) is 4.78. The van der Waals surface area contributed by atoms with Crippen molar-refractivity contribution >= 4 is 45.5 Å². The molecule has 0 fully saturated rings. The van der Waals surface area contributed by atoms with E-state index >= 15 is 0 Å². The molecule has 0 bridgehead atoms. The van der Waals surface area contributed by atoms with E-state index in [2.05, 4.69) is 10.3 Å². The van der Waals surface area contributed by atoms with E-state index in [1.165, 1.54) is 18.3 Å². The molecule has 3 aromatic rings. The van der Waals surface area contributed by atoms with E-state index in [0.29, 0.717) is 10.6 Å². The maximum absolute atomic E-state index is 12.4. The van der Waals surface area contributed by atoms with Crippen molar-refractivity contribution in [3.05, 3.63) is 51.7 Å². The molecule has 1 aromatic carbocycles. The number of aryl methyl sites for hydroxylation is 2. The van der Waals surface area contributed by atoms with Gasteiger partial charge in [0.25, 0.3) is 5.91 Å². The van der Waals surface area contributed by atoms with Crippen LogP contribution in [0, 0.1) is 13.8 Å². The summed E-state index contributed by atoms with van der Waals surface area (Å²) in [5.41, 5.74) is 2.83. The molecule has 130 valence electrons. The van der Waals surface area contributed by atoms with Gasteiger partial charge in [-0.3, -0.25) is 9.20 Å². The summed E-state index contributed by atoms with van der Waals surface area (Å²) < 4.78 is 6.80. The topological polar surface area (TPSA) is 72.7 Å². The van der Waals surface area contributed by atoms with Crippen molar-refractivity contribution in [2.24, 2.45) is 0 Å². The van der Waals surface area contributed by atoms with Gasteiger partial charge >= 0.3 is 5.97 Å². The van der Waals surface area contributed by atoms with Gasteiger partial charge in [0.2, 0.25) is 0 Å². The zero-order valence-corrected chi connectivity index (χ0v) is 15.4. The predicted molar refractivity (Wildman–Crippen MR) is 97.5 cm³/mol. The quantitative estimate of drug-likeness (QED) is 0.701. The van der Waals surface area contributed by atoms with E-state index in [9.17, 15) is 9.59 Å². The summed E-state index contributed by atoms with van der Waals surface area (Å²) in [4.78, 5) is 29.4. The molecular weight excluding hydrogens is 362 g/mol. The Balaban J connectivity index is 1.71. The Morgan fingerprint density at radius 1 is 1.36 bits per heavy atom. The van der Waals surface area contributed by atoms with Gasteiger partial charge < -0.3 is 10.1 Å². The lowest BCUT2D eigenvalue weighted by Gasteiger charge is -2.15. The number of hydrogen-bond acceptors (Lipinski definition) is 5. The zero-order valence-electron chi connectivity index (χ0n) is 13.9. The maximum Gasteiger partial charge on any atom is 0.359 e. The second kappa shape index (κ2) is 6.85. The summed E-state index contributed by atoms with van der Waals surface area (Å²) in [7, 11) is 0. The summed E-state index contributed by atoms with van der Waals surface area (Å²) in [6.07, 6.45) is 0.698. The van der Waals surface area contributed by atoms with E-state index in [1.807, 2.05) is 32.0 Å². The number of thiazole rings is 1. The summed E-state index contributed by atoms with van der Waals surface area (Å²) >= 11 is 7.36. The van der Waals surface area contributed by atoms with Gasteiger partial charge in [0, 0.05) is 17.3 Å². The van der Waals surface area contributed by atoms with Gasteiger partial charge in [-0.2, -0.15) is 0 Å². The zero-order chi connectivity index (χ0) is 18.1. The predicted octanol–water partition coefficient (Wildman–Crippen LogP) is 3.85. The van der Waals surface area contributed by atoms with Crippen molar-refractivity contribution in [3.63, 3.8) is 0 Å². The largest absolute Gasteiger partial charge is 0.448 e. The van der Waals surface area contributed by atoms with Crippen molar-refractivity contribution in [2.45, 2.75) is 26.9 Å². The second-order valence-corrected chi connectivity index (χ2v) is 6.89. The fourth-order valence-corrected chi connectivity index (χ4v) is 3.41. The van der Waals surface area contributed by atoms with Crippen molar-refractivity contribution in [3.8, 4) is 0 Å². The van der Waals surface area contributed by atoms with E-state index < -0.39 is 18.0 Å². The molecule has 1 N–H and O–H groups in total. The van der Waals surface area contributed by atoms with Crippen LogP contribution in [0.5, 0.6) is 0 Å². The maximum atomic E-state index is 12.4. The van der Waals surface area contributed by atoms with Crippen molar-refractivity contribution in [1.82, 2.24) is 9.38 Å². The van der Waals surface area contributed by atoms with Gasteiger partial charge in [0.15, 0.2) is 21.9 Å². The average Bonchev–Trinajstić information content (AvgIpc) is 3.09. The third-order valence-electron chi connectivity index (χ3n) is 3.71. The summed E-state index contributed by atoms with van der Waals surface area (Å²) in [5, 5.41) is 4.60. The number of aromatic nitrogens is 2. The molecule has 2 aromatic heterocycles. The molecule has 3 rings (SSSR count). The third kappa shape index (κ3) is 3.52. The second-order valence-electron chi connectivity index (χ2n) is 5.66. The number of imidazole rings is 1. The molecule has 25 heavy (non-hydrogen) atoms. The molecule has 0 aliphatic rings. The van der Waals surface area contributed by atoms with Gasteiger partial charge in [-0.25, -0.2) is 9.78 Å². The van der Waals surface area contributed by atoms with E-state index in [0.717, 1.165) is 11.1 Å². The summed E-state index contributed by atoms with van der Waals surface area (Å²) in [6, 6.07) is 5.68. The smallest absolute Gasteiger partial charge is 0.359 e. The third-order valence-corrected chi connectivity index (χ3v) is 4.73. The van der Waals surface area contributed by atoms with Crippen LogP contribution < -0.4 is 5.32 Å². The van der Waals surface area contributed by atoms with Gasteiger partial charge in [-0.05, 0) is 32.4 Å². The summed E-state index contributed by atoms with van der Waals surface area (Å²) in [5.74, 6) is -1.11. The fraction of sp³-hybridized carbons (Fsp3) is 0.235. The van der Waals surface area contributed by atoms with Crippen LogP contribution in [0.25, 0.3) is 4.96 Å². The number of nitrogens with one attached hydrogen (secondary N) is 1. The molecule has 0 aliphatic heterocycles. The number of carbonyl (C=O) groups is 2. The first-order valence-electron chi connectivity index (χ1n) is 7.57. The molecule has 0 saturated carbocycles. The van der Waals surface area contributed by atoms with Crippen LogP contribution in [0.4, 0.5) is 5.69 Å². The highest BCUT2D eigenvalue weighted by Gasteiger charge is 2.25. The lowest BCUT2D eigenvalue weighted by atomic mass is 10.1. The fourth-order valence-electron chi connectivity index (χ4n) is 2.40. The van der Waals surface area contributed by atoms with E-state index in [-0.39, 0.29) is 10.8 Å². The van der Waals surface area contributed by atoms with Crippen molar-refractivity contribution < 1.29 is 14.3 Å². The molecule has 0 aliphatic carbocycles. The number of carbonyl (C=O) groups excluding carboxylic acids is 2. The first kappa shape index (κ1) is 17.4. The van der Waals surface area contributed by atoms with Crippen LogP contribution >= 0.6 is 22.9 Å². The Hall–Kier alpha value is -2.38. The van der Waals surface area contributed by atoms with Crippen LogP contribution in [-0.4, -0.2) is 27.4 Å². The first-order valence-corrected chi connectivity index (χ1v) is 8.82. The number of rotatable bonds is 4. The Labute approximate surface area is 153 Å². The van der Waals surface area contributed by atoms with Gasteiger partial charge in [-0.15, -0.1) is 11.3 Å². The number of ether oxygens (including phenoxy) is 1. The van der Waals surface area contributed by atoms with Crippen LogP contribution in [0.1, 0.15) is 28.5 Å². The number of halogens is 1. The van der Waals surface area contributed by atoms with E-state index in [4.69, 9.17) is 16.3 Å². The minimum absolute atomic E-state index is 0.0545. The van der Waals surface area contributed by atoms with Crippen molar-refractivity contribution in [1.29, 1.82) is 0 Å². The number of hydrogen-bond donors (Lipinski definition) is 1. The Morgan fingerprint density at radius 2 is 2.12 bits per heavy atom. The van der Waals surface area contributed by atoms with Gasteiger partial charge in [-0.1, -0.05) is 29.3 Å². The SMILES string of the molecule is Cc1ccc(NC(=O)[C@@H](C)OC(=O)c2c(Cl)nc3sccn23)c(C)c1. The molecule has 0 radical (unpaired) electrons. The normalized spacial score (nSPS) is 12.2. The number of benzene rings is 1. The molecule has 0 unspecified atom stereocenters. The lowest BCUT2D eigenvalue weighted by Crippen LogP contribution is -2.30. The highest BCUT2D eigenvalue weighted by atomic mass is 35.5. The highest BCUT2D eigenvalue weighted by Crippen LogP contribution is 2.23. The summed E-state index contributed by atoms with van der Waals surface area (Å²) in [6.45, 7) is 5.39. The number of esters is 1. The molecular formula is C17H16ClN3O3S. The Bertz CT molecular complexity index is 963. The number of fused-ring (bicyclic) bond motifs is 1. The first-order chi connectivity index (χ1) is 11.9. The minimum atomic E-state index is -0.978. The highest BCUT2D eigenvalue weighted by molar-refractivity contribution is 7.15. The van der Waals surface area contributed by atoms with Crippen LogP contribution in [0.3, 0.4) is 0 Å². The van der Waals surface area contributed by atoms with Crippen LogP contribution in [0.2, 0.25) is 5.15 Å². The molecule has 1 amide bonds. The number of nitrogens with zero attached hydrogens (tertiary/aromatic N) is 2. The molecule has 2 heterocycles. The molecule has 1 atom stereocenters. The monoisotopic (exact) mass is 377 g/mol. The van der Waals surface area contributed by atoms with Crippen molar-refractivity contribution in [2.75, 3.05) is 5.32 Å². The Morgan fingerprint density at radius 3 is 2.84 bits per heavy atom. The van der Waals surface area contributed by atoms with Gasteiger partial charge in [0.1, 0.15) is 0 Å². The molecule has 6 nitrogen and oxygen atoms in total. The van der Waals surface area contributed by atoms with E-state index in [1.54, 1.807) is 16.0 Å². The standard InChI is InChI=1S/C17H16ClN3O3S/c1-9-4-5-12(10(2)8-9)19-15(22)11(3)24-16(23)13-14(18)20-17-21(13)6-7-25-17/h4-8,11H,1-3H3,(H,19,22)/t11-/m1/s1. The number of amides is 1. The average molecular weight is 378 g/mol. The number of anilines is 1.